The second kappa shape index (κ2) is 13.6. The molecule has 0 radical (unpaired) electrons. The number of anilines is 1. The van der Waals surface area contributed by atoms with Gasteiger partial charge in [-0.15, -0.1) is 11.3 Å². The minimum Gasteiger partial charge on any atom is -0.379 e. The molecule has 3 amide bonds. The van der Waals surface area contributed by atoms with Gasteiger partial charge in [-0.1, -0.05) is 42.5 Å². The zero-order valence-corrected chi connectivity index (χ0v) is 23.4. The van der Waals surface area contributed by atoms with E-state index < -0.39 is 0 Å². The summed E-state index contributed by atoms with van der Waals surface area (Å²) in [7, 11) is 0. The third-order valence-corrected chi connectivity index (χ3v) is 7.95. The third kappa shape index (κ3) is 7.90. The van der Waals surface area contributed by atoms with Crippen LogP contribution >= 0.6 is 11.3 Å². The SMILES string of the molecule is Cc1ccc(CN(Cc2ccccc2)C(=O)CN(CCN2CCOCC2)C(=O)Nc2cccc(C)c2C)s1. The maximum atomic E-state index is 13.8. The Balaban J connectivity index is 1.51. The van der Waals surface area contributed by atoms with E-state index in [-0.39, 0.29) is 18.5 Å². The highest BCUT2D eigenvalue weighted by Gasteiger charge is 2.24. The van der Waals surface area contributed by atoms with Crippen molar-refractivity contribution in [1.29, 1.82) is 0 Å². The first-order valence-electron chi connectivity index (χ1n) is 13.2. The summed E-state index contributed by atoms with van der Waals surface area (Å²) in [6.07, 6.45) is 0. The van der Waals surface area contributed by atoms with Crippen molar-refractivity contribution in [3.63, 3.8) is 0 Å². The summed E-state index contributed by atoms with van der Waals surface area (Å²) in [5.41, 5.74) is 3.97. The number of rotatable bonds is 10. The van der Waals surface area contributed by atoms with E-state index in [0.29, 0.717) is 39.4 Å². The number of amides is 3. The summed E-state index contributed by atoms with van der Waals surface area (Å²) in [5, 5.41) is 3.06. The average molecular weight is 535 g/mol. The molecule has 0 bridgehead atoms. The van der Waals surface area contributed by atoms with E-state index in [9.17, 15) is 9.59 Å². The summed E-state index contributed by atoms with van der Waals surface area (Å²) in [4.78, 5) is 35.4. The summed E-state index contributed by atoms with van der Waals surface area (Å²) >= 11 is 1.70. The fourth-order valence-corrected chi connectivity index (χ4v) is 5.38. The van der Waals surface area contributed by atoms with Gasteiger partial charge in [0.1, 0.15) is 6.54 Å². The van der Waals surface area contributed by atoms with E-state index in [1.165, 1.54) is 4.88 Å². The number of morpholine rings is 1. The predicted octanol–water partition coefficient (Wildman–Crippen LogP) is 5.07. The molecule has 7 nitrogen and oxygen atoms in total. The van der Waals surface area contributed by atoms with Gasteiger partial charge in [-0.2, -0.15) is 0 Å². The van der Waals surface area contributed by atoms with Crippen LogP contribution in [0.15, 0.2) is 60.7 Å². The molecule has 1 saturated heterocycles. The molecule has 202 valence electrons. The molecular formula is C30H38N4O3S. The topological polar surface area (TPSA) is 65.1 Å². The fraction of sp³-hybridized carbons (Fsp3) is 0.400. The zero-order chi connectivity index (χ0) is 26.9. The molecule has 8 heteroatoms. The molecule has 0 unspecified atom stereocenters. The second-order valence-corrected chi connectivity index (χ2v) is 11.2. The van der Waals surface area contributed by atoms with E-state index >= 15 is 0 Å². The smallest absolute Gasteiger partial charge is 0.322 e. The van der Waals surface area contributed by atoms with Crippen molar-refractivity contribution in [2.24, 2.45) is 0 Å². The predicted molar refractivity (Wildman–Crippen MR) is 154 cm³/mol. The number of carbonyl (C=O) groups is 2. The summed E-state index contributed by atoms with van der Waals surface area (Å²) in [5.74, 6) is -0.0713. The number of thiophene rings is 1. The lowest BCUT2D eigenvalue weighted by atomic mass is 10.1. The van der Waals surface area contributed by atoms with Gasteiger partial charge in [-0.3, -0.25) is 9.69 Å². The van der Waals surface area contributed by atoms with Crippen LogP contribution in [0.1, 0.15) is 26.4 Å². The lowest BCUT2D eigenvalue weighted by Crippen LogP contribution is -2.48. The second-order valence-electron chi connectivity index (χ2n) is 9.80. The number of urea groups is 1. The van der Waals surface area contributed by atoms with Crippen molar-refractivity contribution in [2.45, 2.75) is 33.9 Å². The van der Waals surface area contributed by atoms with Gasteiger partial charge in [0.05, 0.1) is 19.8 Å². The Bertz CT molecular complexity index is 1210. The Kier molecular flexibility index (Phi) is 9.92. The molecule has 0 spiro atoms. The molecule has 3 aromatic rings. The lowest BCUT2D eigenvalue weighted by Gasteiger charge is -2.31. The first kappa shape index (κ1) is 27.8. The standard InChI is InChI=1S/C30H38N4O3S/c1-23-8-7-11-28(25(23)3)31-30(36)33(15-14-32-16-18-37-19-17-32)22-29(35)34(20-26-9-5-4-6-10-26)21-27-13-12-24(2)38-27/h4-13H,14-22H2,1-3H3,(H,31,36). The molecule has 1 N–H and O–H groups in total. The van der Waals surface area contributed by atoms with E-state index in [2.05, 4.69) is 29.3 Å². The molecule has 1 aromatic heterocycles. The fourth-order valence-electron chi connectivity index (χ4n) is 4.48. The van der Waals surface area contributed by atoms with Gasteiger partial charge in [-0.25, -0.2) is 4.79 Å². The van der Waals surface area contributed by atoms with Crippen LogP contribution in [0.25, 0.3) is 0 Å². The van der Waals surface area contributed by atoms with Gasteiger partial charge in [0.2, 0.25) is 5.91 Å². The highest BCUT2D eigenvalue weighted by atomic mass is 32.1. The van der Waals surface area contributed by atoms with E-state index in [0.717, 1.165) is 40.3 Å². The normalized spacial score (nSPS) is 13.8. The van der Waals surface area contributed by atoms with Gasteiger partial charge < -0.3 is 19.9 Å². The minimum atomic E-state index is -0.257. The Labute approximate surface area is 230 Å². The van der Waals surface area contributed by atoms with Crippen molar-refractivity contribution in [2.75, 3.05) is 51.3 Å². The highest BCUT2D eigenvalue weighted by molar-refractivity contribution is 7.11. The largest absolute Gasteiger partial charge is 0.379 e. The molecule has 1 aliphatic heterocycles. The molecule has 0 aliphatic carbocycles. The maximum absolute atomic E-state index is 13.8. The zero-order valence-electron chi connectivity index (χ0n) is 22.6. The van der Waals surface area contributed by atoms with E-state index in [1.54, 1.807) is 16.2 Å². The van der Waals surface area contributed by atoms with Gasteiger partial charge in [-0.05, 0) is 55.7 Å². The Morgan fingerprint density at radius 2 is 1.68 bits per heavy atom. The van der Waals surface area contributed by atoms with Crippen LogP contribution in [0.2, 0.25) is 0 Å². The van der Waals surface area contributed by atoms with Gasteiger partial charge in [0.25, 0.3) is 0 Å². The number of hydrogen-bond donors (Lipinski definition) is 1. The Hall–Kier alpha value is -3.20. The van der Waals surface area contributed by atoms with Crippen molar-refractivity contribution in [1.82, 2.24) is 14.7 Å². The number of hydrogen-bond acceptors (Lipinski definition) is 5. The highest BCUT2D eigenvalue weighted by Crippen LogP contribution is 2.20. The number of ether oxygens (including phenoxy) is 1. The number of carbonyl (C=O) groups excluding carboxylic acids is 2. The van der Waals surface area contributed by atoms with Crippen LogP contribution in [0.3, 0.4) is 0 Å². The molecule has 0 saturated carbocycles. The van der Waals surface area contributed by atoms with Gasteiger partial charge in [0, 0.05) is 48.2 Å². The minimum absolute atomic E-state index is 0.0121. The van der Waals surface area contributed by atoms with Crippen LogP contribution in [-0.2, 0) is 22.6 Å². The number of nitrogens with one attached hydrogen (secondary N) is 1. The van der Waals surface area contributed by atoms with Crippen LogP contribution in [0.4, 0.5) is 10.5 Å². The summed E-state index contributed by atoms with van der Waals surface area (Å²) in [6.45, 7) is 11.3. The quantitative estimate of drug-likeness (QED) is 0.395. The monoisotopic (exact) mass is 534 g/mol. The third-order valence-electron chi connectivity index (χ3n) is 6.96. The molecule has 38 heavy (non-hydrogen) atoms. The number of nitrogens with zero attached hydrogens (tertiary/aromatic N) is 3. The Morgan fingerprint density at radius 3 is 2.39 bits per heavy atom. The van der Waals surface area contributed by atoms with Crippen LogP contribution < -0.4 is 5.32 Å². The Morgan fingerprint density at radius 1 is 0.921 bits per heavy atom. The van der Waals surface area contributed by atoms with Crippen LogP contribution in [-0.4, -0.2) is 72.6 Å². The average Bonchev–Trinajstić information content (AvgIpc) is 3.34. The molecule has 2 aromatic carbocycles. The van der Waals surface area contributed by atoms with E-state index in [4.69, 9.17) is 4.74 Å². The first-order valence-corrected chi connectivity index (χ1v) is 14.0. The van der Waals surface area contributed by atoms with Crippen molar-refractivity contribution < 1.29 is 14.3 Å². The molecule has 0 atom stereocenters. The number of benzene rings is 2. The maximum Gasteiger partial charge on any atom is 0.322 e. The van der Waals surface area contributed by atoms with Gasteiger partial charge >= 0.3 is 6.03 Å². The van der Waals surface area contributed by atoms with Crippen molar-refractivity contribution >= 4 is 29.0 Å². The van der Waals surface area contributed by atoms with E-state index in [1.807, 2.05) is 67.3 Å². The van der Waals surface area contributed by atoms with Crippen molar-refractivity contribution in [3.8, 4) is 0 Å². The lowest BCUT2D eigenvalue weighted by molar-refractivity contribution is -0.133. The molecule has 1 fully saturated rings. The summed E-state index contributed by atoms with van der Waals surface area (Å²) < 4.78 is 5.47. The number of aryl methyl sites for hydroxylation is 2. The summed E-state index contributed by atoms with van der Waals surface area (Å²) in [6, 6.07) is 19.8. The molecule has 2 heterocycles. The first-order chi connectivity index (χ1) is 18.4. The molecular weight excluding hydrogens is 496 g/mol. The van der Waals surface area contributed by atoms with Gasteiger partial charge in [0.15, 0.2) is 0 Å². The molecule has 4 rings (SSSR count). The molecule has 1 aliphatic rings. The van der Waals surface area contributed by atoms with Crippen LogP contribution in [0.5, 0.6) is 0 Å². The van der Waals surface area contributed by atoms with Crippen LogP contribution in [0, 0.1) is 20.8 Å². The van der Waals surface area contributed by atoms with Crippen molar-refractivity contribution in [3.05, 3.63) is 87.1 Å².